The number of phenolic OH excluding ortho intramolecular Hbond substituents is 1. The lowest BCUT2D eigenvalue weighted by atomic mass is 10.3. The summed E-state index contributed by atoms with van der Waals surface area (Å²) in [7, 11) is -3.87. The molecule has 0 saturated carbocycles. The molecule has 0 unspecified atom stereocenters. The van der Waals surface area contributed by atoms with Gasteiger partial charge in [-0.05, 0) is 24.3 Å². The first kappa shape index (κ1) is 15.3. The molecule has 0 saturated heterocycles. The molecule has 8 heteroatoms. The Kier molecular flexibility index (Phi) is 4.34. The Morgan fingerprint density at radius 2 is 1.50 bits per heavy atom. The highest BCUT2D eigenvalue weighted by molar-refractivity contribution is 7.92. The Morgan fingerprint density at radius 1 is 0.950 bits per heavy atom. The van der Waals surface area contributed by atoms with Gasteiger partial charge in [-0.25, -0.2) is 8.42 Å². The van der Waals surface area contributed by atoms with Gasteiger partial charge in [0.2, 0.25) is 0 Å². The molecule has 0 aliphatic rings. The average Bonchev–Trinajstić information content (AvgIpc) is 2.35. The molecule has 2 rings (SSSR count). The Morgan fingerprint density at radius 3 is 2.05 bits per heavy atom. The number of rotatable bonds is 3. The van der Waals surface area contributed by atoms with Gasteiger partial charge in [0.05, 0.1) is 20.8 Å². The van der Waals surface area contributed by atoms with E-state index in [2.05, 4.69) is 4.72 Å². The predicted molar refractivity (Wildman–Crippen MR) is 80.4 cm³/mol. The van der Waals surface area contributed by atoms with Crippen molar-refractivity contribution in [1.29, 1.82) is 0 Å². The summed E-state index contributed by atoms with van der Waals surface area (Å²) in [6.45, 7) is 0. The van der Waals surface area contributed by atoms with Crippen LogP contribution in [-0.2, 0) is 10.0 Å². The third-order valence-electron chi connectivity index (χ3n) is 2.40. The average molecular weight is 353 g/mol. The largest absolute Gasteiger partial charge is 0.505 e. The Balaban J connectivity index is 2.42. The molecule has 0 fully saturated rings. The maximum atomic E-state index is 12.2. The lowest BCUT2D eigenvalue weighted by molar-refractivity contribution is 0.476. The van der Waals surface area contributed by atoms with Gasteiger partial charge in [0.15, 0.2) is 5.75 Å². The molecule has 2 aromatic rings. The van der Waals surface area contributed by atoms with Crippen molar-refractivity contribution in [3.8, 4) is 5.75 Å². The van der Waals surface area contributed by atoms with Crippen LogP contribution >= 0.6 is 34.8 Å². The van der Waals surface area contributed by atoms with E-state index in [1.165, 1.54) is 24.3 Å². The van der Waals surface area contributed by atoms with E-state index in [1.54, 1.807) is 12.1 Å². The van der Waals surface area contributed by atoms with Crippen LogP contribution in [0.2, 0.25) is 15.1 Å². The standard InChI is InChI=1S/C12H8Cl3NO3S/c13-8-3-1-2-4-11(8)20(18,19)16-7-5-9(14)12(17)10(15)6-7/h1-6,16-17H. The molecule has 2 N–H and O–H groups in total. The van der Waals surface area contributed by atoms with Gasteiger partial charge < -0.3 is 5.11 Å². The van der Waals surface area contributed by atoms with Crippen molar-refractivity contribution in [2.45, 2.75) is 4.90 Å². The lowest BCUT2D eigenvalue weighted by Gasteiger charge is -2.10. The van der Waals surface area contributed by atoms with Crippen molar-refractivity contribution in [3.05, 3.63) is 51.5 Å². The van der Waals surface area contributed by atoms with Gasteiger partial charge in [-0.1, -0.05) is 46.9 Å². The fourth-order valence-electron chi connectivity index (χ4n) is 1.50. The van der Waals surface area contributed by atoms with Gasteiger partial charge in [-0.3, -0.25) is 4.72 Å². The van der Waals surface area contributed by atoms with Gasteiger partial charge in [0.1, 0.15) is 4.90 Å². The Bertz CT molecular complexity index is 739. The molecule has 0 bridgehead atoms. The Hall–Kier alpha value is -1.14. The zero-order valence-corrected chi connectivity index (χ0v) is 12.9. The molecular weight excluding hydrogens is 345 g/mol. The number of nitrogens with one attached hydrogen (secondary N) is 1. The molecule has 0 radical (unpaired) electrons. The van der Waals surface area contributed by atoms with E-state index in [-0.39, 0.29) is 31.4 Å². The number of aromatic hydroxyl groups is 1. The monoisotopic (exact) mass is 351 g/mol. The summed E-state index contributed by atoms with van der Waals surface area (Å²) in [5.41, 5.74) is 0.123. The summed E-state index contributed by atoms with van der Waals surface area (Å²) in [4.78, 5) is -0.0676. The van der Waals surface area contributed by atoms with E-state index in [1.807, 2.05) is 0 Å². The molecule has 0 amide bonds. The molecule has 106 valence electrons. The molecule has 0 heterocycles. The highest BCUT2D eigenvalue weighted by atomic mass is 35.5. The number of halogens is 3. The molecule has 0 spiro atoms. The fourth-order valence-corrected chi connectivity index (χ4v) is 3.55. The van der Waals surface area contributed by atoms with Crippen LogP contribution < -0.4 is 4.72 Å². The van der Waals surface area contributed by atoms with E-state index >= 15 is 0 Å². The summed E-state index contributed by atoms with van der Waals surface area (Å²) in [5, 5.41) is 9.40. The van der Waals surface area contributed by atoms with Crippen LogP contribution in [0.15, 0.2) is 41.3 Å². The zero-order chi connectivity index (χ0) is 14.9. The number of hydrogen-bond acceptors (Lipinski definition) is 3. The van der Waals surface area contributed by atoms with Crippen molar-refractivity contribution < 1.29 is 13.5 Å². The molecular formula is C12H8Cl3NO3S. The zero-order valence-electron chi connectivity index (χ0n) is 9.77. The van der Waals surface area contributed by atoms with Crippen LogP contribution in [0, 0.1) is 0 Å². The summed E-state index contributed by atoms with van der Waals surface area (Å²) in [5.74, 6) is -0.311. The second-order valence-electron chi connectivity index (χ2n) is 3.82. The predicted octanol–water partition coefficient (Wildman–Crippen LogP) is 4.15. The minimum Gasteiger partial charge on any atom is -0.505 e. The molecule has 0 aliphatic carbocycles. The van der Waals surface area contributed by atoms with Crippen molar-refractivity contribution in [3.63, 3.8) is 0 Å². The third-order valence-corrected chi connectivity index (χ3v) is 4.85. The fraction of sp³-hybridized carbons (Fsp3) is 0. The van der Waals surface area contributed by atoms with Gasteiger partial charge in [-0.2, -0.15) is 0 Å². The maximum absolute atomic E-state index is 12.2. The van der Waals surface area contributed by atoms with Crippen LogP contribution in [-0.4, -0.2) is 13.5 Å². The SMILES string of the molecule is O=S(=O)(Nc1cc(Cl)c(O)c(Cl)c1)c1ccccc1Cl. The minimum atomic E-state index is -3.87. The first-order chi connectivity index (χ1) is 9.31. The van der Waals surface area contributed by atoms with Crippen molar-refractivity contribution in [2.24, 2.45) is 0 Å². The van der Waals surface area contributed by atoms with E-state index in [4.69, 9.17) is 34.8 Å². The molecule has 0 aromatic heterocycles. The Labute approximate surface area is 131 Å². The normalized spacial score (nSPS) is 11.3. The van der Waals surface area contributed by atoms with Crippen LogP contribution in [0.5, 0.6) is 5.75 Å². The van der Waals surface area contributed by atoms with Crippen LogP contribution in [0.1, 0.15) is 0 Å². The first-order valence-electron chi connectivity index (χ1n) is 5.26. The minimum absolute atomic E-state index is 0.0608. The molecule has 4 nitrogen and oxygen atoms in total. The number of benzene rings is 2. The van der Waals surface area contributed by atoms with Crippen molar-refractivity contribution >= 4 is 50.5 Å². The lowest BCUT2D eigenvalue weighted by Crippen LogP contribution is -2.13. The summed E-state index contributed by atoms with van der Waals surface area (Å²) in [6.07, 6.45) is 0. The smallest absolute Gasteiger partial charge is 0.263 e. The van der Waals surface area contributed by atoms with Gasteiger partial charge in [0, 0.05) is 0 Å². The molecule has 0 atom stereocenters. The summed E-state index contributed by atoms with van der Waals surface area (Å²) >= 11 is 17.3. The maximum Gasteiger partial charge on any atom is 0.263 e. The first-order valence-corrected chi connectivity index (χ1v) is 7.88. The van der Waals surface area contributed by atoms with Crippen LogP contribution in [0.3, 0.4) is 0 Å². The van der Waals surface area contributed by atoms with Crippen molar-refractivity contribution in [1.82, 2.24) is 0 Å². The van der Waals surface area contributed by atoms with Crippen molar-refractivity contribution in [2.75, 3.05) is 4.72 Å². The van der Waals surface area contributed by atoms with E-state index < -0.39 is 10.0 Å². The van der Waals surface area contributed by atoms with Gasteiger partial charge in [-0.15, -0.1) is 0 Å². The molecule has 2 aromatic carbocycles. The van der Waals surface area contributed by atoms with E-state index in [0.717, 1.165) is 0 Å². The second-order valence-corrected chi connectivity index (χ2v) is 6.70. The molecule has 0 aliphatic heterocycles. The molecule has 20 heavy (non-hydrogen) atoms. The quantitative estimate of drug-likeness (QED) is 0.815. The second kappa shape index (κ2) is 5.69. The van der Waals surface area contributed by atoms with Crippen LogP contribution in [0.25, 0.3) is 0 Å². The van der Waals surface area contributed by atoms with E-state index in [0.29, 0.717) is 0 Å². The number of anilines is 1. The van der Waals surface area contributed by atoms with Crippen LogP contribution in [0.4, 0.5) is 5.69 Å². The van der Waals surface area contributed by atoms with E-state index in [9.17, 15) is 13.5 Å². The highest BCUT2D eigenvalue weighted by Crippen LogP contribution is 2.35. The topological polar surface area (TPSA) is 66.4 Å². The third kappa shape index (κ3) is 3.12. The summed E-state index contributed by atoms with van der Waals surface area (Å²) < 4.78 is 26.7. The number of sulfonamides is 1. The number of phenols is 1. The summed E-state index contributed by atoms with van der Waals surface area (Å²) in [6, 6.07) is 8.50. The van der Waals surface area contributed by atoms with Gasteiger partial charge in [0.25, 0.3) is 10.0 Å². The van der Waals surface area contributed by atoms with Gasteiger partial charge >= 0.3 is 0 Å². The number of hydrogen-bond donors (Lipinski definition) is 2. The highest BCUT2D eigenvalue weighted by Gasteiger charge is 2.18.